The van der Waals surface area contributed by atoms with Crippen LogP contribution in [0.25, 0.3) is 0 Å². The molecule has 0 N–H and O–H groups in total. The highest BCUT2D eigenvalue weighted by molar-refractivity contribution is 5.08. The van der Waals surface area contributed by atoms with Gasteiger partial charge < -0.3 is 0 Å². The zero-order valence-electron chi connectivity index (χ0n) is 10.1. The third-order valence-electron chi connectivity index (χ3n) is 1.78. The molecule has 0 spiro atoms. The minimum atomic E-state index is 0.995. The van der Waals surface area contributed by atoms with E-state index in [0.29, 0.717) is 0 Å². The van der Waals surface area contributed by atoms with E-state index in [0.717, 1.165) is 23.6 Å². The first-order chi connectivity index (χ1) is 6.72. The van der Waals surface area contributed by atoms with Crippen molar-refractivity contribution in [2.24, 2.45) is 0 Å². The summed E-state index contributed by atoms with van der Waals surface area (Å²) in [6.07, 6.45) is 3.40. The predicted octanol–water partition coefficient (Wildman–Crippen LogP) is 3.46. The number of rotatable bonds is 3. The molecule has 0 fully saturated rings. The minimum absolute atomic E-state index is 0.995. The van der Waals surface area contributed by atoms with Crippen LogP contribution >= 0.6 is 0 Å². The number of aromatic nitrogens is 2. The molecule has 0 aliphatic carbocycles. The standard InChI is InChI=1S/C10H16N2.C2H6/c1-4-5-6-10-11-8(2)7-9(3)12-10;1-2/h7H,4-6H2,1-3H3;1-2H3. The van der Waals surface area contributed by atoms with E-state index >= 15 is 0 Å². The number of aryl methyl sites for hydroxylation is 3. The molecule has 1 aromatic rings. The molecule has 1 aromatic heterocycles. The van der Waals surface area contributed by atoms with Crippen LogP contribution in [0, 0.1) is 13.8 Å². The van der Waals surface area contributed by atoms with Crippen molar-refractivity contribution in [3.05, 3.63) is 23.3 Å². The third-order valence-corrected chi connectivity index (χ3v) is 1.78. The van der Waals surface area contributed by atoms with Gasteiger partial charge in [-0.15, -0.1) is 0 Å². The van der Waals surface area contributed by atoms with E-state index in [9.17, 15) is 0 Å². The summed E-state index contributed by atoms with van der Waals surface area (Å²) >= 11 is 0. The second kappa shape index (κ2) is 7.48. The maximum Gasteiger partial charge on any atom is 0.128 e. The highest BCUT2D eigenvalue weighted by atomic mass is 14.9. The largest absolute Gasteiger partial charge is 0.238 e. The smallest absolute Gasteiger partial charge is 0.128 e. The molecule has 0 amide bonds. The Morgan fingerprint density at radius 1 is 1.07 bits per heavy atom. The first-order valence-corrected chi connectivity index (χ1v) is 5.53. The SMILES string of the molecule is CC.CCCCc1nc(C)cc(C)n1. The number of hydrogen-bond donors (Lipinski definition) is 0. The van der Waals surface area contributed by atoms with Crippen molar-refractivity contribution in [2.45, 2.75) is 53.9 Å². The lowest BCUT2D eigenvalue weighted by Crippen LogP contribution is -1.98. The van der Waals surface area contributed by atoms with Gasteiger partial charge in [0.25, 0.3) is 0 Å². The highest BCUT2D eigenvalue weighted by Crippen LogP contribution is 2.02. The summed E-state index contributed by atoms with van der Waals surface area (Å²) in [6, 6.07) is 2.01. The predicted molar refractivity (Wildman–Crippen MR) is 61.5 cm³/mol. The Labute approximate surface area is 87.8 Å². The highest BCUT2D eigenvalue weighted by Gasteiger charge is 1.97. The molecule has 2 nitrogen and oxygen atoms in total. The Kier molecular flexibility index (Phi) is 6.99. The summed E-state index contributed by atoms with van der Waals surface area (Å²) in [4.78, 5) is 8.72. The Morgan fingerprint density at radius 3 is 2.00 bits per heavy atom. The van der Waals surface area contributed by atoms with Crippen molar-refractivity contribution in [2.75, 3.05) is 0 Å². The first kappa shape index (κ1) is 13.1. The summed E-state index contributed by atoms with van der Waals surface area (Å²) in [5.41, 5.74) is 2.15. The average Bonchev–Trinajstić information content (AvgIpc) is 2.16. The molecule has 1 heterocycles. The van der Waals surface area contributed by atoms with Crippen LogP contribution in [0.3, 0.4) is 0 Å². The van der Waals surface area contributed by atoms with Crippen LogP contribution in [0.4, 0.5) is 0 Å². The van der Waals surface area contributed by atoms with Gasteiger partial charge in [0.15, 0.2) is 0 Å². The van der Waals surface area contributed by atoms with Gasteiger partial charge in [-0.3, -0.25) is 0 Å². The topological polar surface area (TPSA) is 25.8 Å². The molecular weight excluding hydrogens is 172 g/mol. The Hall–Kier alpha value is -0.920. The van der Waals surface area contributed by atoms with Crippen molar-refractivity contribution in [3.8, 4) is 0 Å². The molecular formula is C12H22N2. The summed E-state index contributed by atoms with van der Waals surface area (Å²) in [7, 11) is 0. The van der Waals surface area contributed by atoms with Gasteiger partial charge in [-0.2, -0.15) is 0 Å². The Morgan fingerprint density at radius 2 is 1.57 bits per heavy atom. The monoisotopic (exact) mass is 194 g/mol. The van der Waals surface area contributed by atoms with Gasteiger partial charge >= 0.3 is 0 Å². The fraction of sp³-hybridized carbons (Fsp3) is 0.667. The molecule has 0 saturated carbocycles. The van der Waals surface area contributed by atoms with Gasteiger partial charge in [-0.25, -0.2) is 9.97 Å². The lowest BCUT2D eigenvalue weighted by atomic mass is 10.2. The molecule has 0 aliphatic rings. The van der Waals surface area contributed by atoms with Gasteiger partial charge in [0.2, 0.25) is 0 Å². The molecule has 2 heteroatoms. The van der Waals surface area contributed by atoms with Crippen molar-refractivity contribution in [1.82, 2.24) is 9.97 Å². The fourth-order valence-corrected chi connectivity index (χ4v) is 1.25. The molecule has 14 heavy (non-hydrogen) atoms. The Bertz CT molecular complexity index is 236. The molecule has 0 aromatic carbocycles. The van der Waals surface area contributed by atoms with E-state index in [2.05, 4.69) is 16.9 Å². The van der Waals surface area contributed by atoms with Crippen LogP contribution in [0.5, 0.6) is 0 Å². The van der Waals surface area contributed by atoms with Gasteiger partial charge in [-0.1, -0.05) is 27.2 Å². The zero-order valence-corrected chi connectivity index (χ0v) is 10.1. The molecule has 0 radical (unpaired) electrons. The van der Waals surface area contributed by atoms with E-state index in [4.69, 9.17) is 0 Å². The van der Waals surface area contributed by atoms with Crippen LogP contribution in [0.15, 0.2) is 6.07 Å². The van der Waals surface area contributed by atoms with Crippen LogP contribution in [-0.2, 0) is 6.42 Å². The summed E-state index contributed by atoms with van der Waals surface area (Å²) in [6.45, 7) is 10.2. The third kappa shape index (κ3) is 4.95. The average molecular weight is 194 g/mol. The lowest BCUT2D eigenvalue weighted by molar-refractivity contribution is 0.743. The second-order valence-electron chi connectivity index (χ2n) is 3.17. The molecule has 0 bridgehead atoms. The van der Waals surface area contributed by atoms with E-state index in [1.54, 1.807) is 0 Å². The summed E-state index contributed by atoms with van der Waals surface area (Å²) in [5, 5.41) is 0. The van der Waals surface area contributed by atoms with Crippen LogP contribution in [0.2, 0.25) is 0 Å². The van der Waals surface area contributed by atoms with Crippen molar-refractivity contribution < 1.29 is 0 Å². The molecule has 1 rings (SSSR count). The van der Waals surface area contributed by atoms with E-state index in [-0.39, 0.29) is 0 Å². The minimum Gasteiger partial charge on any atom is -0.238 e. The lowest BCUT2D eigenvalue weighted by Gasteiger charge is -2.01. The molecule has 0 aliphatic heterocycles. The molecule has 80 valence electrons. The molecule has 0 unspecified atom stereocenters. The maximum atomic E-state index is 4.36. The van der Waals surface area contributed by atoms with Gasteiger partial charge in [-0.05, 0) is 26.3 Å². The summed E-state index contributed by atoms with van der Waals surface area (Å²) < 4.78 is 0. The van der Waals surface area contributed by atoms with E-state index in [1.165, 1.54) is 12.8 Å². The van der Waals surface area contributed by atoms with Crippen molar-refractivity contribution in [3.63, 3.8) is 0 Å². The van der Waals surface area contributed by atoms with Crippen LogP contribution in [0.1, 0.15) is 50.8 Å². The van der Waals surface area contributed by atoms with Gasteiger partial charge in [0.1, 0.15) is 5.82 Å². The van der Waals surface area contributed by atoms with Gasteiger partial charge in [0, 0.05) is 17.8 Å². The zero-order chi connectivity index (χ0) is 11.0. The first-order valence-electron chi connectivity index (χ1n) is 5.53. The van der Waals surface area contributed by atoms with Gasteiger partial charge in [0.05, 0.1) is 0 Å². The van der Waals surface area contributed by atoms with E-state index in [1.807, 2.05) is 33.8 Å². The maximum absolute atomic E-state index is 4.36. The van der Waals surface area contributed by atoms with Crippen LogP contribution < -0.4 is 0 Å². The number of unbranched alkanes of at least 4 members (excludes halogenated alkanes) is 1. The second-order valence-corrected chi connectivity index (χ2v) is 3.17. The van der Waals surface area contributed by atoms with Crippen molar-refractivity contribution >= 4 is 0 Å². The number of hydrogen-bond acceptors (Lipinski definition) is 2. The quantitative estimate of drug-likeness (QED) is 0.736. The Balaban J connectivity index is 0.000000791. The van der Waals surface area contributed by atoms with Crippen molar-refractivity contribution in [1.29, 1.82) is 0 Å². The normalized spacial score (nSPS) is 9.21. The summed E-state index contributed by atoms with van der Waals surface area (Å²) in [5.74, 6) is 0.995. The molecule has 0 saturated heterocycles. The van der Waals surface area contributed by atoms with E-state index < -0.39 is 0 Å². The fourth-order valence-electron chi connectivity index (χ4n) is 1.25. The number of nitrogens with zero attached hydrogens (tertiary/aromatic N) is 2. The van der Waals surface area contributed by atoms with Crippen LogP contribution in [-0.4, -0.2) is 9.97 Å². The molecule has 0 atom stereocenters.